The van der Waals surface area contributed by atoms with Crippen molar-refractivity contribution in [2.75, 3.05) is 51.0 Å². The van der Waals surface area contributed by atoms with E-state index >= 15 is 0 Å². The molecule has 0 saturated carbocycles. The van der Waals surface area contributed by atoms with Crippen LogP contribution in [0.2, 0.25) is 0 Å². The zero-order valence-corrected chi connectivity index (χ0v) is 14.9. The largest absolute Gasteiger partial charge is 0.372 e. The van der Waals surface area contributed by atoms with E-state index in [-0.39, 0.29) is 0 Å². The molecule has 2 heterocycles. The van der Waals surface area contributed by atoms with Crippen molar-refractivity contribution in [3.63, 3.8) is 0 Å². The lowest BCUT2D eigenvalue weighted by atomic mass is 9.92. The predicted octanol–water partition coefficient (Wildman–Crippen LogP) is 2.84. The number of hydrogen-bond acceptors (Lipinski definition) is 5. The number of piperidine rings is 1. The number of hydrogen-bond donors (Lipinski definition) is 1. The lowest BCUT2D eigenvalue weighted by Gasteiger charge is -2.32. The Balaban J connectivity index is 1.83. The highest BCUT2D eigenvalue weighted by Crippen LogP contribution is 2.26. The Hall–Kier alpha value is -0.880. The number of nitrogens with one attached hydrogen (secondary N) is 1. The molecule has 1 aromatic heterocycles. The highest BCUT2D eigenvalue weighted by molar-refractivity contribution is 9.10. The smallest absolute Gasteiger partial charge is 0.227 e. The van der Waals surface area contributed by atoms with Gasteiger partial charge in [-0.15, -0.1) is 0 Å². The molecule has 0 aromatic carbocycles. The summed E-state index contributed by atoms with van der Waals surface area (Å²) in [6.45, 7) is 3.33. The number of anilines is 2. The van der Waals surface area contributed by atoms with Crippen LogP contribution in [0, 0.1) is 5.92 Å². The lowest BCUT2D eigenvalue weighted by molar-refractivity contribution is 0.330. The van der Waals surface area contributed by atoms with Gasteiger partial charge in [0.1, 0.15) is 5.82 Å². The molecule has 1 aliphatic rings. The van der Waals surface area contributed by atoms with Crippen LogP contribution < -0.4 is 10.2 Å². The molecule has 0 radical (unpaired) electrons. The average Bonchev–Trinajstić information content (AvgIpc) is 2.48. The van der Waals surface area contributed by atoms with E-state index in [1.165, 1.54) is 32.2 Å². The van der Waals surface area contributed by atoms with Gasteiger partial charge < -0.3 is 15.1 Å². The molecule has 6 heteroatoms. The first-order chi connectivity index (χ1) is 10.1. The molecule has 0 unspecified atom stereocenters. The maximum Gasteiger partial charge on any atom is 0.227 e. The van der Waals surface area contributed by atoms with Crippen molar-refractivity contribution in [1.82, 2.24) is 14.9 Å². The van der Waals surface area contributed by atoms with Crippen LogP contribution in [-0.2, 0) is 0 Å². The Morgan fingerprint density at radius 3 is 2.71 bits per heavy atom. The molecule has 0 atom stereocenters. The summed E-state index contributed by atoms with van der Waals surface area (Å²) in [5.41, 5.74) is 0. The maximum atomic E-state index is 4.57. The molecule has 5 nitrogen and oxygen atoms in total. The Morgan fingerprint density at radius 1 is 1.38 bits per heavy atom. The Morgan fingerprint density at radius 2 is 2.10 bits per heavy atom. The Labute approximate surface area is 136 Å². The Bertz CT molecular complexity index is 444. The van der Waals surface area contributed by atoms with E-state index in [2.05, 4.69) is 55.1 Å². The van der Waals surface area contributed by atoms with Gasteiger partial charge >= 0.3 is 0 Å². The van der Waals surface area contributed by atoms with Gasteiger partial charge in [-0.25, -0.2) is 4.98 Å². The molecular formula is C15H26BrN5. The van der Waals surface area contributed by atoms with E-state index in [9.17, 15) is 0 Å². The van der Waals surface area contributed by atoms with Crippen molar-refractivity contribution < 1.29 is 0 Å². The van der Waals surface area contributed by atoms with Crippen molar-refractivity contribution in [3.05, 3.63) is 10.7 Å². The standard InChI is InChI=1S/C15H26BrN5/c1-17-14-13(16)11-18-15(19-14)21-9-6-12(7-10-21)5-4-8-20(2)3/h11-12H,4-10H2,1-3H3,(H,17,18,19). The van der Waals surface area contributed by atoms with E-state index in [4.69, 9.17) is 0 Å². The molecule has 0 spiro atoms. The van der Waals surface area contributed by atoms with Crippen molar-refractivity contribution >= 4 is 27.7 Å². The first-order valence-electron chi connectivity index (χ1n) is 7.70. The fourth-order valence-electron chi connectivity index (χ4n) is 2.80. The zero-order valence-electron chi connectivity index (χ0n) is 13.3. The van der Waals surface area contributed by atoms with E-state index in [0.29, 0.717) is 0 Å². The number of nitrogens with zero attached hydrogens (tertiary/aromatic N) is 4. The van der Waals surface area contributed by atoms with Gasteiger partial charge in [-0.1, -0.05) is 0 Å². The summed E-state index contributed by atoms with van der Waals surface area (Å²) in [5, 5.41) is 3.09. The monoisotopic (exact) mass is 355 g/mol. The number of aromatic nitrogens is 2. The van der Waals surface area contributed by atoms with Gasteiger partial charge in [-0.2, -0.15) is 4.98 Å². The summed E-state index contributed by atoms with van der Waals surface area (Å²) in [6.07, 6.45) is 6.98. The second-order valence-corrected chi connectivity index (χ2v) is 6.85. The minimum absolute atomic E-state index is 0.842. The van der Waals surface area contributed by atoms with E-state index in [1.54, 1.807) is 0 Å². The minimum Gasteiger partial charge on any atom is -0.372 e. The lowest BCUT2D eigenvalue weighted by Crippen LogP contribution is -2.35. The fraction of sp³-hybridized carbons (Fsp3) is 0.733. The minimum atomic E-state index is 0.842. The molecule has 1 aliphatic heterocycles. The molecule has 21 heavy (non-hydrogen) atoms. The normalized spacial score (nSPS) is 16.5. The molecule has 1 N–H and O–H groups in total. The zero-order chi connectivity index (χ0) is 15.2. The van der Waals surface area contributed by atoms with Crippen molar-refractivity contribution in [1.29, 1.82) is 0 Å². The summed E-state index contributed by atoms with van der Waals surface area (Å²) < 4.78 is 0.910. The molecule has 0 bridgehead atoms. The topological polar surface area (TPSA) is 44.3 Å². The summed E-state index contributed by atoms with van der Waals surface area (Å²) in [7, 11) is 6.17. The van der Waals surface area contributed by atoms with Gasteiger partial charge in [0.2, 0.25) is 5.95 Å². The van der Waals surface area contributed by atoms with Crippen LogP contribution in [0.4, 0.5) is 11.8 Å². The SMILES string of the molecule is CNc1nc(N2CCC(CCCN(C)C)CC2)ncc1Br. The molecule has 2 rings (SSSR count). The summed E-state index contributed by atoms with van der Waals surface area (Å²) in [6, 6.07) is 0. The highest BCUT2D eigenvalue weighted by Gasteiger charge is 2.21. The van der Waals surface area contributed by atoms with E-state index in [0.717, 1.165) is 35.2 Å². The van der Waals surface area contributed by atoms with Gasteiger partial charge in [0, 0.05) is 26.3 Å². The first-order valence-corrected chi connectivity index (χ1v) is 8.49. The van der Waals surface area contributed by atoms with Crippen LogP contribution in [0.1, 0.15) is 25.7 Å². The second-order valence-electron chi connectivity index (χ2n) is 5.99. The van der Waals surface area contributed by atoms with Gasteiger partial charge in [0.25, 0.3) is 0 Å². The van der Waals surface area contributed by atoms with Gasteiger partial charge in [-0.05, 0) is 68.2 Å². The first kappa shape index (κ1) is 16.5. The van der Waals surface area contributed by atoms with E-state index < -0.39 is 0 Å². The second kappa shape index (κ2) is 7.94. The summed E-state index contributed by atoms with van der Waals surface area (Å²) >= 11 is 3.45. The molecule has 118 valence electrons. The highest BCUT2D eigenvalue weighted by atomic mass is 79.9. The van der Waals surface area contributed by atoms with Gasteiger partial charge in [0.05, 0.1) is 4.47 Å². The van der Waals surface area contributed by atoms with Crippen LogP contribution in [0.25, 0.3) is 0 Å². The fourth-order valence-corrected chi connectivity index (χ4v) is 3.19. The molecule has 1 saturated heterocycles. The molecule has 0 aliphatic carbocycles. The van der Waals surface area contributed by atoms with E-state index in [1.807, 2.05) is 13.2 Å². The summed E-state index contributed by atoms with van der Waals surface area (Å²) in [5.74, 6) is 2.56. The van der Waals surface area contributed by atoms with Crippen molar-refractivity contribution in [2.45, 2.75) is 25.7 Å². The molecule has 1 aromatic rings. The molecule has 0 amide bonds. The summed E-state index contributed by atoms with van der Waals surface area (Å²) in [4.78, 5) is 13.6. The molecule has 1 fully saturated rings. The maximum absolute atomic E-state index is 4.57. The van der Waals surface area contributed by atoms with Crippen LogP contribution in [-0.4, -0.2) is 55.6 Å². The van der Waals surface area contributed by atoms with Crippen LogP contribution >= 0.6 is 15.9 Å². The third kappa shape index (κ3) is 4.81. The average molecular weight is 356 g/mol. The van der Waals surface area contributed by atoms with Crippen LogP contribution in [0.3, 0.4) is 0 Å². The predicted molar refractivity (Wildman–Crippen MR) is 92.0 cm³/mol. The third-order valence-electron chi connectivity index (χ3n) is 4.08. The Kier molecular flexibility index (Phi) is 6.23. The van der Waals surface area contributed by atoms with Gasteiger partial charge in [0.15, 0.2) is 0 Å². The molecular weight excluding hydrogens is 330 g/mol. The van der Waals surface area contributed by atoms with Crippen molar-refractivity contribution in [3.8, 4) is 0 Å². The number of rotatable bonds is 6. The third-order valence-corrected chi connectivity index (χ3v) is 4.66. The van der Waals surface area contributed by atoms with Crippen LogP contribution in [0.15, 0.2) is 10.7 Å². The van der Waals surface area contributed by atoms with Crippen molar-refractivity contribution in [2.24, 2.45) is 5.92 Å². The van der Waals surface area contributed by atoms with Crippen LogP contribution in [0.5, 0.6) is 0 Å². The quantitative estimate of drug-likeness (QED) is 0.849. The number of halogens is 1. The van der Waals surface area contributed by atoms with Gasteiger partial charge in [-0.3, -0.25) is 0 Å².